The zero-order valence-corrected chi connectivity index (χ0v) is 15.5. The zero-order valence-electron chi connectivity index (χ0n) is 15.5. The first-order valence-corrected chi connectivity index (χ1v) is 8.76. The van der Waals surface area contributed by atoms with Crippen LogP contribution in [0.3, 0.4) is 0 Å². The van der Waals surface area contributed by atoms with Crippen LogP contribution >= 0.6 is 0 Å². The molecule has 8 heteroatoms. The van der Waals surface area contributed by atoms with Crippen LogP contribution < -0.4 is 5.73 Å². The molecule has 0 saturated carbocycles. The number of carbonyl (C=O) groups is 1. The van der Waals surface area contributed by atoms with Gasteiger partial charge in [-0.05, 0) is 12.5 Å². The molecule has 0 aliphatic carbocycles. The highest BCUT2D eigenvalue weighted by atomic mass is 16.6. The predicted octanol–water partition coefficient (Wildman–Crippen LogP) is 3.38. The number of hydrogen-bond acceptors (Lipinski definition) is 7. The number of nitro benzene ring substituents is 1. The fourth-order valence-corrected chi connectivity index (χ4v) is 3.13. The van der Waals surface area contributed by atoms with Crippen molar-refractivity contribution in [2.75, 3.05) is 6.61 Å². The number of nitriles is 1. The highest BCUT2D eigenvalue weighted by Crippen LogP contribution is 2.43. The molecule has 8 nitrogen and oxygen atoms in total. The SMILES string of the molecule is CCOC(=O)C1=C(c2cccc([N+](=O)[O-])c2)OC(N)=C(C#N)C1c1ccccc1. The Hall–Kier alpha value is -4.12. The average molecular weight is 391 g/mol. The molecule has 1 aliphatic rings. The number of nitrogens with zero attached hydrogens (tertiary/aromatic N) is 2. The summed E-state index contributed by atoms with van der Waals surface area (Å²) in [5.74, 6) is -1.67. The molecule has 0 bridgehead atoms. The molecule has 3 rings (SSSR count). The Morgan fingerprint density at radius 2 is 2.00 bits per heavy atom. The quantitative estimate of drug-likeness (QED) is 0.470. The first kappa shape index (κ1) is 19.6. The van der Waals surface area contributed by atoms with Gasteiger partial charge in [-0.1, -0.05) is 42.5 Å². The van der Waals surface area contributed by atoms with E-state index in [-0.39, 0.29) is 40.6 Å². The van der Waals surface area contributed by atoms with Gasteiger partial charge < -0.3 is 15.2 Å². The molecule has 0 aromatic heterocycles. The summed E-state index contributed by atoms with van der Waals surface area (Å²) in [7, 11) is 0. The van der Waals surface area contributed by atoms with E-state index in [0.29, 0.717) is 5.56 Å². The van der Waals surface area contributed by atoms with Crippen molar-refractivity contribution >= 4 is 17.4 Å². The van der Waals surface area contributed by atoms with E-state index in [1.165, 1.54) is 18.2 Å². The minimum Gasteiger partial charge on any atom is -0.463 e. The Morgan fingerprint density at radius 1 is 1.28 bits per heavy atom. The maximum absolute atomic E-state index is 12.9. The summed E-state index contributed by atoms with van der Waals surface area (Å²) in [4.78, 5) is 23.5. The first-order valence-electron chi connectivity index (χ1n) is 8.76. The summed E-state index contributed by atoms with van der Waals surface area (Å²) in [6.45, 7) is 1.76. The van der Waals surface area contributed by atoms with Gasteiger partial charge in [-0.25, -0.2) is 4.79 Å². The molecule has 1 unspecified atom stereocenters. The van der Waals surface area contributed by atoms with Crippen LogP contribution in [0.2, 0.25) is 0 Å². The van der Waals surface area contributed by atoms with E-state index < -0.39 is 16.8 Å². The molecule has 0 saturated heterocycles. The van der Waals surface area contributed by atoms with Crippen molar-refractivity contribution in [3.8, 4) is 6.07 Å². The molecule has 2 aromatic rings. The van der Waals surface area contributed by atoms with Gasteiger partial charge in [0, 0.05) is 17.7 Å². The van der Waals surface area contributed by atoms with E-state index in [1.54, 1.807) is 43.3 Å². The van der Waals surface area contributed by atoms with Gasteiger partial charge in [-0.2, -0.15) is 5.26 Å². The van der Waals surface area contributed by atoms with Crippen molar-refractivity contribution in [2.24, 2.45) is 5.73 Å². The molecule has 0 fully saturated rings. The van der Waals surface area contributed by atoms with Crippen LogP contribution in [0.5, 0.6) is 0 Å². The van der Waals surface area contributed by atoms with Crippen LogP contribution in [-0.4, -0.2) is 17.5 Å². The third kappa shape index (κ3) is 3.80. The van der Waals surface area contributed by atoms with Crippen molar-refractivity contribution in [2.45, 2.75) is 12.8 Å². The predicted molar refractivity (Wildman–Crippen MR) is 104 cm³/mol. The summed E-state index contributed by atoms with van der Waals surface area (Å²) in [6.07, 6.45) is 0. The van der Waals surface area contributed by atoms with E-state index in [1.807, 2.05) is 6.07 Å². The van der Waals surface area contributed by atoms with Crippen molar-refractivity contribution in [1.29, 1.82) is 5.26 Å². The number of carbonyl (C=O) groups excluding carboxylic acids is 1. The molecule has 2 N–H and O–H groups in total. The summed E-state index contributed by atoms with van der Waals surface area (Å²) in [6, 6.07) is 16.5. The first-order chi connectivity index (χ1) is 14.0. The average Bonchev–Trinajstić information content (AvgIpc) is 2.73. The second-order valence-electron chi connectivity index (χ2n) is 6.11. The van der Waals surface area contributed by atoms with Crippen molar-refractivity contribution in [1.82, 2.24) is 0 Å². The topological polar surface area (TPSA) is 128 Å². The second-order valence-corrected chi connectivity index (χ2v) is 6.11. The third-order valence-electron chi connectivity index (χ3n) is 4.37. The van der Waals surface area contributed by atoms with E-state index >= 15 is 0 Å². The molecular formula is C21H17N3O5. The number of ether oxygens (including phenoxy) is 2. The largest absolute Gasteiger partial charge is 0.463 e. The van der Waals surface area contributed by atoms with Crippen LogP contribution in [0, 0.1) is 21.4 Å². The Bertz CT molecular complexity index is 1070. The van der Waals surface area contributed by atoms with Crippen LogP contribution in [-0.2, 0) is 14.3 Å². The lowest BCUT2D eigenvalue weighted by molar-refractivity contribution is -0.384. The lowest BCUT2D eigenvalue weighted by Gasteiger charge is -2.28. The number of esters is 1. The van der Waals surface area contributed by atoms with Crippen LogP contribution in [0.25, 0.3) is 5.76 Å². The number of nitro groups is 1. The maximum atomic E-state index is 12.9. The lowest BCUT2D eigenvalue weighted by Crippen LogP contribution is -2.25. The van der Waals surface area contributed by atoms with E-state index in [0.717, 1.165) is 0 Å². The number of benzene rings is 2. The summed E-state index contributed by atoms with van der Waals surface area (Å²) in [5.41, 5.74) is 6.86. The lowest BCUT2D eigenvalue weighted by atomic mass is 9.82. The van der Waals surface area contributed by atoms with Gasteiger partial charge in [0.1, 0.15) is 17.4 Å². The fraction of sp³-hybridized carbons (Fsp3) is 0.143. The van der Waals surface area contributed by atoms with Crippen LogP contribution in [0.1, 0.15) is 24.0 Å². The maximum Gasteiger partial charge on any atom is 0.338 e. The minimum absolute atomic E-state index is 0.0255. The molecule has 1 aliphatic heterocycles. The number of non-ortho nitro benzene ring substituents is 1. The van der Waals surface area contributed by atoms with Gasteiger partial charge in [0.25, 0.3) is 5.69 Å². The molecule has 146 valence electrons. The van der Waals surface area contributed by atoms with Gasteiger partial charge in [-0.15, -0.1) is 0 Å². The number of nitrogens with two attached hydrogens (primary N) is 1. The smallest absolute Gasteiger partial charge is 0.338 e. The summed E-state index contributed by atoms with van der Waals surface area (Å²) in [5, 5.41) is 20.8. The van der Waals surface area contributed by atoms with Gasteiger partial charge in [0.15, 0.2) is 0 Å². The highest BCUT2D eigenvalue weighted by Gasteiger charge is 2.38. The van der Waals surface area contributed by atoms with E-state index in [4.69, 9.17) is 15.2 Å². The summed E-state index contributed by atoms with van der Waals surface area (Å²) < 4.78 is 10.8. The van der Waals surface area contributed by atoms with Gasteiger partial charge in [0.05, 0.1) is 23.0 Å². The molecule has 2 aromatic carbocycles. The molecule has 0 radical (unpaired) electrons. The monoisotopic (exact) mass is 391 g/mol. The Balaban J connectivity index is 2.29. The normalized spacial score (nSPS) is 16.1. The fourth-order valence-electron chi connectivity index (χ4n) is 3.13. The van der Waals surface area contributed by atoms with Crippen molar-refractivity contribution in [3.05, 3.63) is 92.9 Å². The molecule has 0 amide bonds. The number of allylic oxidation sites excluding steroid dienone is 1. The van der Waals surface area contributed by atoms with E-state index in [2.05, 4.69) is 0 Å². The van der Waals surface area contributed by atoms with Crippen molar-refractivity contribution < 1.29 is 19.2 Å². The number of rotatable bonds is 5. The van der Waals surface area contributed by atoms with Gasteiger partial charge in [0.2, 0.25) is 5.88 Å². The van der Waals surface area contributed by atoms with Crippen LogP contribution in [0.4, 0.5) is 5.69 Å². The third-order valence-corrected chi connectivity index (χ3v) is 4.37. The Morgan fingerprint density at radius 3 is 2.62 bits per heavy atom. The molecular weight excluding hydrogens is 374 g/mol. The Labute approximate surface area is 166 Å². The van der Waals surface area contributed by atoms with Crippen LogP contribution in [0.15, 0.2) is 71.6 Å². The minimum atomic E-state index is -0.830. The highest BCUT2D eigenvalue weighted by molar-refractivity contribution is 6.00. The standard InChI is InChI=1S/C21H17N3O5/c1-2-28-21(25)18-17(13-7-4-3-5-8-13)16(12-22)20(23)29-19(18)14-9-6-10-15(11-14)24(26)27/h3-11,17H,2,23H2,1H3. The van der Waals surface area contributed by atoms with E-state index in [9.17, 15) is 20.2 Å². The second kappa shape index (κ2) is 8.27. The molecule has 29 heavy (non-hydrogen) atoms. The Kier molecular flexibility index (Phi) is 5.60. The van der Waals surface area contributed by atoms with Crippen molar-refractivity contribution in [3.63, 3.8) is 0 Å². The van der Waals surface area contributed by atoms with Gasteiger partial charge in [-0.3, -0.25) is 10.1 Å². The zero-order chi connectivity index (χ0) is 21.0. The van der Waals surface area contributed by atoms with Gasteiger partial charge >= 0.3 is 5.97 Å². The molecule has 0 spiro atoms. The molecule has 1 atom stereocenters. The molecule has 1 heterocycles. The summed E-state index contributed by atoms with van der Waals surface area (Å²) >= 11 is 0. The number of hydrogen-bond donors (Lipinski definition) is 1.